The number of carbonyl (C=O) groups is 2. The number of rotatable bonds is 9. The van der Waals surface area contributed by atoms with Gasteiger partial charge < -0.3 is 19.9 Å². The summed E-state index contributed by atoms with van der Waals surface area (Å²) in [6.07, 6.45) is 2.88. The molecule has 0 aromatic heterocycles. The van der Waals surface area contributed by atoms with E-state index in [2.05, 4.69) is 5.32 Å². The average Bonchev–Trinajstić information content (AvgIpc) is 3.50. The number of ether oxygens (including phenoxy) is 2. The van der Waals surface area contributed by atoms with Crippen LogP contribution in [0.4, 0.5) is 0 Å². The van der Waals surface area contributed by atoms with Crippen LogP contribution in [-0.4, -0.2) is 37.2 Å². The Bertz CT molecular complexity index is 829. The molecule has 0 bridgehead atoms. The first-order chi connectivity index (χ1) is 13.1. The lowest BCUT2D eigenvalue weighted by molar-refractivity contribution is 0.0696. The van der Waals surface area contributed by atoms with E-state index in [1.54, 1.807) is 43.5 Å². The van der Waals surface area contributed by atoms with Crippen LogP contribution in [-0.2, 0) is 6.42 Å². The molecule has 1 aliphatic carbocycles. The number of aromatic carboxylic acids is 1. The molecule has 0 saturated heterocycles. The molecule has 0 heterocycles. The SMILES string of the molecule is COc1ccc(C(=O)NCCc2cccc(C(=O)O)c2)c(OCC2CC2)c1. The molecule has 1 aliphatic rings. The highest BCUT2D eigenvalue weighted by Gasteiger charge is 2.23. The van der Waals surface area contributed by atoms with Crippen LogP contribution >= 0.6 is 0 Å². The second-order valence-electron chi connectivity index (χ2n) is 6.63. The third-order valence-corrected chi connectivity index (χ3v) is 4.48. The quantitative estimate of drug-likeness (QED) is 0.709. The molecule has 142 valence electrons. The summed E-state index contributed by atoms with van der Waals surface area (Å²) in [4.78, 5) is 23.6. The van der Waals surface area contributed by atoms with Crippen LogP contribution in [0.5, 0.6) is 11.5 Å². The fourth-order valence-electron chi connectivity index (χ4n) is 2.70. The van der Waals surface area contributed by atoms with Gasteiger partial charge in [-0.25, -0.2) is 4.79 Å². The number of hydrogen-bond acceptors (Lipinski definition) is 4. The molecule has 0 aliphatic heterocycles. The van der Waals surface area contributed by atoms with Crippen molar-refractivity contribution in [2.24, 2.45) is 5.92 Å². The zero-order chi connectivity index (χ0) is 19.2. The van der Waals surface area contributed by atoms with Gasteiger partial charge in [0.15, 0.2) is 0 Å². The van der Waals surface area contributed by atoms with Crippen molar-refractivity contribution in [1.29, 1.82) is 0 Å². The Balaban J connectivity index is 1.61. The number of amides is 1. The Hall–Kier alpha value is -3.02. The molecule has 0 radical (unpaired) electrons. The minimum absolute atomic E-state index is 0.224. The highest BCUT2D eigenvalue weighted by molar-refractivity contribution is 5.97. The monoisotopic (exact) mass is 369 g/mol. The molecule has 2 aromatic rings. The number of carboxylic acid groups (broad SMARTS) is 1. The third kappa shape index (κ3) is 5.23. The van der Waals surface area contributed by atoms with Gasteiger partial charge in [-0.3, -0.25) is 4.79 Å². The van der Waals surface area contributed by atoms with Crippen molar-refractivity contribution in [2.45, 2.75) is 19.3 Å². The van der Waals surface area contributed by atoms with Crippen molar-refractivity contribution in [1.82, 2.24) is 5.32 Å². The first-order valence-corrected chi connectivity index (χ1v) is 8.98. The molecule has 0 unspecified atom stereocenters. The van der Waals surface area contributed by atoms with Gasteiger partial charge in [0, 0.05) is 12.6 Å². The summed E-state index contributed by atoms with van der Waals surface area (Å²) >= 11 is 0. The summed E-state index contributed by atoms with van der Waals surface area (Å²) in [5, 5.41) is 11.9. The fraction of sp³-hybridized carbons (Fsp3) is 0.333. The number of benzene rings is 2. The maximum Gasteiger partial charge on any atom is 0.335 e. The predicted molar refractivity (Wildman–Crippen MR) is 101 cm³/mol. The number of carboxylic acids is 1. The molecule has 1 fully saturated rings. The van der Waals surface area contributed by atoms with Gasteiger partial charge in [0.05, 0.1) is 24.8 Å². The van der Waals surface area contributed by atoms with Gasteiger partial charge in [0.1, 0.15) is 11.5 Å². The van der Waals surface area contributed by atoms with Gasteiger partial charge in [0.25, 0.3) is 5.91 Å². The van der Waals surface area contributed by atoms with E-state index in [0.29, 0.717) is 42.6 Å². The Morgan fingerprint density at radius 3 is 2.70 bits per heavy atom. The topological polar surface area (TPSA) is 84.9 Å². The molecule has 0 spiro atoms. The van der Waals surface area contributed by atoms with E-state index >= 15 is 0 Å². The van der Waals surface area contributed by atoms with Gasteiger partial charge in [-0.2, -0.15) is 0 Å². The Morgan fingerprint density at radius 2 is 2.00 bits per heavy atom. The van der Waals surface area contributed by atoms with Crippen LogP contribution in [0.1, 0.15) is 39.1 Å². The van der Waals surface area contributed by atoms with E-state index in [0.717, 1.165) is 5.56 Å². The molecular weight excluding hydrogens is 346 g/mol. The van der Waals surface area contributed by atoms with Crippen LogP contribution in [0.2, 0.25) is 0 Å². The molecule has 27 heavy (non-hydrogen) atoms. The van der Waals surface area contributed by atoms with Crippen LogP contribution in [0.15, 0.2) is 42.5 Å². The molecule has 1 amide bonds. The summed E-state index contributed by atoms with van der Waals surface area (Å²) in [7, 11) is 1.57. The number of hydrogen-bond donors (Lipinski definition) is 2. The predicted octanol–water partition coefficient (Wildman–Crippen LogP) is 3.15. The van der Waals surface area contributed by atoms with E-state index < -0.39 is 5.97 Å². The molecule has 3 rings (SSSR count). The fourth-order valence-corrected chi connectivity index (χ4v) is 2.70. The van der Waals surface area contributed by atoms with Gasteiger partial charge in [-0.05, 0) is 55.0 Å². The zero-order valence-electron chi connectivity index (χ0n) is 15.2. The van der Waals surface area contributed by atoms with Crippen LogP contribution in [0, 0.1) is 5.92 Å². The molecule has 6 nitrogen and oxygen atoms in total. The summed E-state index contributed by atoms with van der Waals surface area (Å²) in [6.45, 7) is 1.01. The Labute approximate surface area is 158 Å². The number of methoxy groups -OCH3 is 1. The summed E-state index contributed by atoms with van der Waals surface area (Å²) < 4.78 is 11.0. The minimum atomic E-state index is -0.962. The van der Waals surface area contributed by atoms with Gasteiger partial charge in [-0.1, -0.05) is 12.1 Å². The van der Waals surface area contributed by atoms with E-state index in [4.69, 9.17) is 14.6 Å². The lowest BCUT2D eigenvalue weighted by Gasteiger charge is -2.13. The van der Waals surface area contributed by atoms with Crippen molar-refractivity contribution < 1.29 is 24.2 Å². The summed E-state index contributed by atoms with van der Waals surface area (Å²) in [5.74, 6) is 0.553. The smallest absolute Gasteiger partial charge is 0.335 e. The lowest BCUT2D eigenvalue weighted by Crippen LogP contribution is -2.26. The maximum absolute atomic E-state index is 12.6. The Kier molecular flexibility index (Phi) is 5.96. The normalized spacial score (nSPS) is 13.1. The van der Waals surface area contributed by atoms with E-state index in [1.165, 1.54) is 12.8 Å². The van der Waals surface area contributed by atoms with Crippen LogP contribution in [0.25, 0.3) is 0 Å². The molecule has 6 heteroatoms. The molecular formula is C21H23NO5. The van der Waals surface area contributed by atoms with Crippen molar-refractivity contribution in [2.75, 3.05) is 20.3 Å². The van der Waals surface area contributed by atoms with Crippen LogP contribution in [0.3, 0.4) is 0 Å². The number of nitrogens with one attached hydrogen (secondary N) is 1. The second-order valence-corrected chi connectivity index (χ2v) is 6.63. The van der Waals surface area contributed by atoms with Crippen molar-refractivity contribution in [3.05, 3.63) is 59.2 Å². The maximum atomic E-state index is 12.6. The average molecular weight is 369 g/mol. The first-order valence-electron chi connectivity index (χ1n) is 8.98. The van der Waals surface area contributed by atoms with Crippen molar-refractivity contribution in [3.8, 4) is 11.5 Å². The lowest BCUT2D eigenvalue weighted by atomic mass is 10.1. The molecule has 2 aromatic carbocycles. The van der Waals surface area contributed by atoms with E-state index in [9.17, 15) is 9.59 Å². The minimum Gasteiger partial charge on any atom is -0.497 e. The van der Waals surface area contributed by atoms with Gasteiger partial charge in [-0.15, -0.1) is 0 Å². The molecule has 2 N–H and O–H groups in total. The Morgan fingerprint density at radius 1 is 1.19 bits per heavy atom. The highest BCUT2D eigenvalue weighted by atomic mass is 16.5. The van der Waals surface area contributed by atoms with Gasteiger partial charge >= 0.3 is 5.97 Å². The van der Waals surface area contributed by atoms with Crippen LogP contribution < -0.4 is 14.8 Å². The highest BCUT2D eigenvalue weighted by Crippen LogP contribution is 2.31. The second kappa shape index (κ2) is 8.58. The van der Waals surface area contributed by atoms with E-state index in [-0.39, 0.29) is 11.5 Å². The molecule has 1 saturated carbocycles. The van der Waals surface area contributed by atoms with E-state index in [1.807, 2.05) is 6.07 Å². The third-order valence-electron chi connectivity index (χ3n) is 4.48. The summed E-state index contributed by atoms with van der Waals surface area (Å²) in [5.41, 5.74) is 1.57. The van der Waals surface area contributed by atoms with Crippen molar-refractivity contribution >= 4 is 11.9 Å². The standard InChI is InChI=1S/C21H23NO5/c1-26-17-7-8-18(19(12-17)27-13-15-5-6-15)20(23)22-10-9-14-3-2-4-16(11-14)21(24)25/h2-4,7-8,11-12,15H,5-6,9-10,13H2,1H3,(H,22,23)(H,24,25). The molecule has 0 atom stereocenters. The zero-order valence-corrected chi connectivity index (χ0v) is 15.2. The first kappa shape index (κ1) is 18.8. The van der Waals surface area contributed by atoms with Crippen molar-refractivity contribution in [3.63, 3.8) is 0 Å². The largest absolute Gasteiger partial charge is 0.497 e. The summed E-state index contributed by atoms with van der Waals surface area (Å²) in [6, 6.07) is 11.9. The van der Waals surface area contributed by atoms with Gasteiger partial charge in [0.2, 0.25) is 0 Å². The number of carbonyl (C=O) groups excluding carboxylic acids is 1.